The van der Waals surface area contributed by atoms with Gasteiger partial charge in [-0.1, -0.05) is 0 Å². The molecule has 0 saturated carbocycles. The number of hydrogen-bond acceptors (Lipinski definition) is 2. The molecule has 0 amide bonds. The van der Waals surface area contributed by atoms with Gasteiger partial charge in [0, 0.05) is 19.8 Å². The highest BCUT2D eigenvalue weighted by Gasteiger charge is 2.13. The van der Waals surface area contributed by atoms with E-state index in [2.05, 4.69) is 10.1 Å². The molecule has 3 rings (SSSR count). The minimum atomic E-state index is -0.874. The first kappa shape index (κ1) is 13.0. The Bertz CT molecular complexity index is 831. The predicted molar refractivity (Wildman–Crippen MR) is 74.0 cm³/mol. The lowest BCUT2D eigenvalue weighted by Gasteiger charge is -2.04. The number of H-pyrrole nitrogens is 1. The van der Waals surface area contributed by atoms with E-state index in [1.807, 2.05) is 13.2 Å². The zero-order valence-corrected chi connectivity index (χ0v) is 11.5. The lowest BCUT2D eigenvalue weighted by Crippen LogP contribution is -2.03. The summed E-state index contributed by atoms with van der Waals surface area (Å²) in [7, 11) is 1.83. The highest BCUT2D eigenvalue weighted by atomic mass is 32.1. The van der Waals surface area contributed by atoms with Crippen molar-refractivity contribution in [3.05, 3.63) is 46.5 Å². The third-order valence-corrected chi connectivity index (χ3v) is 3.53. The molecule has 104 valence electrons. The number of aromatic nitrogens is 4. The van der Waals surface area contributed by atoms with Gasteiger partial charge >= 0.3 is 0 Å². The zero-order chi connectivity index (χ0) is 14.3. The molecule has 0 atom stereocenters. The van der Waals surface area contributed by atoms with Crippen molar-refractivity contribution >= 4 is 23.3 Å². The largest absolute Gasteiger partial charge is 0.330 e. The number of fused-ring (bicyclic) bond motifs is 1. The molecule has 20 heavy (non-hydrogen) atoms. The fourth-order valence-electron chi connectivity index (χ4n) is 2.24. The van der Waals surface area contributed by atoms with Crippen LogP contribution in [-0.4, -0.2) is 19.3 Å². The molecule has 0 radical (unpaired) electrons. The van der Waals surface area contributed by atoms with Crippen LogP contribution in [0, 0.1) is 16.4 Å². The minimum absolute atomic E-state index is 0.180. The molecule has 1 N–H and O–H groups in total. The number of nitrogens with zero attached hydrogens (tertiary/aromatic N) is 3. The van der Waals surface area contributed by atoms with E-state index in [0.29, 0.717) is 23.3 Å². The lowest BCUT2D eigenvalue weighted by atomic mass is 10.2. The van der Waals surface area contributed by atoms with E-state index < -0.39 is 11.6 Å². The van der Waals surface area contributed by atoms with Crippen molar-refractivity contribution in [1.29, 1.82) is 0 Å². The maximum Gasteiger partial charge on any atom is 0.184 e. The Labute approximate surface area is 118 Å². The van der Waals surface area contributed by atoms with Crippen LogP contribution in [0.2, 0.25) is 0 Å². The summed E-state index contributed by atoms with van der Waals surface area (Å²) in [5.41, 5.74) is 1.69. The van der Waals surface area contributed by atoms with Gasteiger partial charge in [-0.15, -0.1) is 0 Å². The van der Waals surface area contributed by atoms with E-state index in [9.17, 15) is 8.78 Å². The molecule has 0 aliphatic heterocycles. The fraction of sp³-hybridized carbons (Fsp3) is 0.231. The van der Waals surface area contributed by atoms with Gasteiger partial charge in [-0.2, -0.15) is 5.10 Å². The SMILES string of the molecule is Cn1cc(CCn2c(=S)[nH]c3ccc(F)c(F)c32)cn1. The maximum atomic E-state index is 13.9. The number of benzene rings is 1. The summed E-state index contributed by atoms with van der Waals surface area (Å²) >= 11 is 5.17. The van der Waals surface area contributed by atoms with Crippen molar-refractivity contribution in [2.24, 2.45) is 7.05 Å². The summed E-state index contributed by atoms with van der Waals surface area (Å²) < 4.78 is 30.9. The van der Waals surface area contributed by atoms with Gasteiger partial charge < -0.3 is 9.55 Å². The number of hydrogen-bond donors (Lipinski definition) is 1. The van der Waals surface area contributed by atoms with Crippen molar-refractivity contribution in [1.82, 2.24) is 19.3 Å². The maximum absolute atomic E-state index is 13.9. The Morgan fingerprint density at radius 3 is 2.85 bits per heavy atom. The van der Waals surface area contributed by atoms with Crippen LogP contribution < -0.4 is 0 Å². The summed E-state index contributed by atoms with van der Waals surface area (Å²) in [5.74, 6) is -1.75. The van der Waals surface area contributed by atoms with Crippen LogP contribution in [0.5, 0.6) is 0 Å². The highest BCUT2D eigenvalue weighted by molar-refractivity contribution is 7.71. The van der Waals surface area contributed by atoms with E-state index >= 15 is 0 Å². The number of aryl methyl sites for hydroxylation is 3. The number of halogens is 2. The van der Waals surface area contributed by atoms with Gasteiger partial charge in [0.2, 0.25) is 0 Å². The Kier molecular flexibility index (Phi) is 3.13. The summed E-state index contributed by atoms with van der Waals surface area (Å²) in [6.45, 7) is 0.463. The standard InChI is InChI=1S/C13H12F2N4S/c1-18-7-8(6-16-18)4-5-19-12-10(17-13(19)20)3-2-9(14)11(12)15/h2-3,6-7H,4-5H2,1H3,(H,17,20). The van der Waals surface area contributed by atoms with Crippen LogP contribution in [0.25, 0.3) is 11.0 Å². The molecule has 0 bridgehead atoms. The highest BCUT2D eigenvalue weighted by Crippen LogP contribution is 2.20. The zero-order valence-electron chi connectivity index (χ0n) is 10.7. The normalized spacial score (nSPS) is 11.3. The van der Waals surface area contributed by atoms with Gasteiger partial charge in [0.15, 0.2) is 16.4 Å². The predicted octanol–water partition coefficient (Wildman–Crippen LogP) is 2.95. The van der Waals surface area contributed by atoms with Gasteiger partial charge in [0.05, 0.1) is 11.7 Å². The summed E-state index contributed by atoms with van der Waals surface area (Å²) in [6, 6.07) is 2.58. The fourth-order valence-corrected chi connectivity index (χ4v) is 2.54. The Hall–Kier alpha value is -2.02. The molecule has 3 aromatic rings. The van der Waals surface area contributed by atoms with Crippen molar-refractivity contribution in [3.8, 4) is 0 Å². The average Bonchev–Trinajstić information content (AvgIpc) is 2.95. The minimum Gasteiger partial charge on any atom is -0.330 e. The van der Waals surface area contributed by atoms with E-state index in [4.69, 9.17) is 12.2 Å². The first-order valence-electron chi connectivity index (χ1n) is 6.10. The first-order valence-corrected chi connectivity index (χ1v) is 6.51. The van der Waals surface area contributed by atoms with Gasteiger partial charge in [0.25, 0.3) is 0 Å². The van der Waals surface area contributed by atoms with Gasteiger partial charge in [-0.3, -0.25) is 4.68 Å². The Morgan fingerprint density at radius 1 is 1.35 bits per heavy atom. The molecular formula is C13H12F2N4S. The summed E-state index contributed by atoms with van der Waals surface area (Å²) in [6.07, 6.45) is 4.27. The Morgan fingerprint density at radius 2 is 2.15 bits per heavy atom. The molecule has 1 aromatic carbocycles. The third-order valence-electron chi connectivity index (χ3n) is 3.21. The second-order valence-corrected chi connectivity index (χ2v) is 5.00. The number of rotatable bonds is 3. The number of nitrogens with one attached hydrogen (secondary N) is 1. The average molecular weight is 294 g/mol. The molecule has 0 aliphatic rings. The van der Waals surface area contributed by atoms with Crippen molar-refractivity contribution in [3.63, 3.8) is 0 Å². The summed E-state index contributed by atoms with van der Waals surface area (Å²) in [5, 5.41) is 4.07. The Balaban J connectivity index is 2.00. The smallest absolute Gasteiger partial charge is 0.184 e. The van der Waals surface area contributed by atoms with Crippen LogP contribution >= 0.6 is 12.2 Å². The molecule has 4 nitrogen and oxygen atoms in total. The van der Waals surface area contributed by atoms with E-state index in [1.54, 1.807) is 15.4 Å². The third kappa shape index (κ3) is 2.14. The molecule has 0 fully saturated rings. The van der Waals surface area contributed by atoms with E-state index in [-0.39, 0.29) is 5.52 Å². The molecule has 2 aromatic heterocycles. The van der Waals surface area contributed by atoms with Gasteiger partial charge in [0.1, 0.15) is 5.52 Å². The quantitative estimate of drug-likeness (QED) is 0.754. The molecular weight excluding hydrogens is 282 g/mol. The van der Waals surface area contributed by atoms with Crippen LogP contribution in [-0.2, 0) is 20.0 Å². The second kappa shape index (κ2) is 4.82. The number of imidazole rings is 1. The molecule has 0 aliphatic carbocycles. The summed E-state index contributed by atoms with van der Waals surface area (Å²) in [4.78, 5) is 2.89. The lowest BCUT2D eigenvalue weighted by molar-refractivity contribution is 0.510. The molecule has 0 spiro atoms. The van der Waals surface area contributed by atoms with Gasteiger partial charge in [-0.25, -0.2) is 8.78 Å². The number of aromatic amines is 1. The van der Waals surface area contributed by atoms with Crippen LogP contribution in [0.3, 0.4) is 0 Å². The van der Waals surface area contributed by atoms with Gasteiger partial charge in [-0.05, 0) is 36.3 Å². The van der Waals surface area contributed by atoms with E-state index in [1.165, 1.54) is 6.07 Å². The second-order valence-electron chi connectivity index (χ2n) is 4.61. The van der Waals surface area contributed by atoms with Crippen molar-refractivity contribution in [2.75, 3.05) is 0 Å². The van der Waals surface area contributed by atoms with Crippen LogP contribution in [0.4, 0.5) is 8.78 Å². The molecule has 0 saturated heterocycles. The molecule has 2 heterocycles. The molecule has 7 heteroatoms. The van der Waals surface area contributed by atoms with Crippen molar-refractivity contribution < 1.29 is 8.78 Å². The first-order chi connectivity index (χ1) is 9.56. The van der Waals surface area contributed by atoms with Crippen LogP contribution in [0.15, 0.2) is 24.5 Å². The van der Waals surface area contributed by atoms with E-state index in [0.717, 1.165) is 11.6 Å². The molecule has 0 unspecified atom stereocenters. The van der Waals surface area contributed by atoms with Crippen molar-refractivity contribution in [2.45, 2.75) is 13.0 Å². The monoisotopic (exact) mass is 294 g/mol. The topological polar surface area (TPSA) is 38.5 Å². The van der Waals surface area contributed by atoms with Crippen LogP contribution in [0.1, 0.15) is 5.56 Å².